The van der Waals surface area contributed by atoms with Gasteiger partial charge in [-0.05, 0) is 76.9 Å². The molecule has 2 aromatic carbocycles. The Labute approximate surface area is 272 Å². The van der Waals surface area contributed by atoms with Crippen LogP contribution >= 0.6 is 0 Å². The molecule has 1 atom stereocenters. The number of ether oxygens (including phenoxy) is 1. The molecule has 0 saturated heterocycles. The van der Waals surface area contributed by atoms with Crippen LogP contribution in [-0.4, -0.2) is 93.2 Å². The van der Waals surface area contributed by atoms with Crippen molar-refractivity contribution < 1.29 is 49.1 Å². The van der Waals surface area contributed by atoms with Crippen molar-refractivity contribution in [3.8, 4) is 0 Å². The highest BCUT2D eigenvalue weighted by Gasteiger charge is 2.25. The number of carbonyl (C=O) groups is 3. The van der Waals surface area contributed by atoms with Crippen LogP contribution in [0.25, 0.3) is 0 Å². The Morgan fingerprint density at radius 2 is 1.28 bits per heavy atom. The van der Waals surface area contributed by atoms with Gasteiger partial charge in [0.2, 0.25) is 5.91 Å². The predicted octanol–water partition coefficient (Wildman–Crippen LogP) is -0.483. The van der Waals surface area contributed by atoms with Gasteiger partial charge in [-0.1, -0.05) is 0 Å². The first-order valence-electron chi connectivity index (χ1n) is 14.8. The van der Waals surface area contributed by atoms with Crippen LogP contribution < -0.4 is 26.9 Å². The van der Waals surface area contributed by atoms with Gasteiger partial charge in [-0.2, -0.15) is 0 Å². The number of hydrogen-bond acceptors (Lipinski definition) is 12. The van der Waals surface area contributed by atoms with Crippen molar-refractivity contribution >= 4 is 54.3 Å². The largest absolute Gasteiger partial charge is 0.488 e. The van der Waals surface area contributed by atoms with E-state index in [1.807, 2.05) is 20.8 Å². The van der Waals surface area contributed by atoms with Gasteiger partial charge in [-0.3, -0.25) is 34.6 Å². The molecule has 2 aromatic rings. The van der Waals surface area contributed by atoms with Crippen molar-refractivity contribution in [1.82, 2.24) is 16.0 Å². The molecule has 0 radical (unpaired) electrons. The van der Waals surface area contributed by atoms with Gasteiger partial charge in [0.25, 0.3) is 23.2 Å². The number of non-ortho nitro benzene ring substituents is 2. The number of nitro groups is 2. The van der Waals surface area contributed by atoms with Crippen molar-refractivity contribution in [2.75, 3.05) is 13.2 Å². The zero-order chi connectivity index (χ0) is 35.8. The highest BCUT2D eigenvalue weighted by atomic mass is 16.6. The van der Waals surface area contributed by atoms with Crippen LogP contribution in [0.15, 0.2) is 36.4 Å². The Balaban J connectivity index is 0.00000167. The summed E-state index contributed by atoms with van der Waals surface area (Å²) in [5.41, 5.74) is -1.99. The Kier molecular flexibility index (Phi) is 17.2. The molecule has 3 amide bonds. The van der Waals surface area contributed by atoms with Crippen LogP contribution in [-0.2, 0) is 9.53 Å². The third-order valence-electron chi connectivity index (χ3n) is 6.18. The molecule has 0 aliphatic carbocycles. The van der Waals surface area contributed by atoms with E-state index in [1.165, 1.54) is 0 Å². The first-order chi connectivity index (χ1) is 22.0. The number of rotatable bonds is 16. The van der Waals surface area contributed by atoms with Gasteiger partial charge < -0.3 is 40.8 Å². The minimum Gasteiger partial charge on any atom is -0.423 e. The lowest BCUT2D eigenvalue weighted by Gasteiger charge is -2.20. The van der Waals surface area contributed by atoms with Crippen LogP contribution in [0.5, 0.6) is 0 Å². The summed E-state index contributed by atoms with van der Waals surface area (Å²) < 4.78 is 5.04. The van der Waals surface area contributed by atoms with E-state index >= 15 is 0 Å². The Morgan fingerprint density at radius 1 is 0.787 bits per heavy atom. The molecule has 256 valence electrons. The zero-order valence-electron chi connectivity index (χ0n) is 26.8. The summed E-state index contributed by atoms with van der Waals surface area (Å²) in [6.07, 6.45) is 1.12. The van der Waals surface area contributed by atoms with Crippen LogP contribution in [0.1, 0.15) is 74.6 Å². The molecule has 0 saturated carbocycles. The number of nitro benzene ring substituents is 2. The summed E-state index contributed by atoms with van der Waals surface area (Å²) in [7, 11) is -4.09. The van der Waals surface area contributed by atoms with E-state index in [1.54, 1.807) is 13.8 Å². The summed E-state index contributed by atoms with van der Waals surface area (Å²) in [4.78, 5) is 58.8. The lowest BCUT2D eigenvalue weighted by atomic mass is 9.79. The summed E-state index contributed by atoms with van der Waals surface area (Å²) in [5.74, 6) is -2.09. The van der Waals surface area contributed by atoms with Gasteiger partial charge in [-0.15, -0.1) is 0 Å². The van der Waals surface area contributed by atoms with Crippen molar-refractivity contribution in [3.05, 3.63) is 67.8 Å². The third kappa shape index (κ3) is 14.7. The highest BCUT2D eigenvalue weighted by molar-refractivity contribution is 6.59. The number of nitrogens with zero attached hydrogens (tertiary/aromatic N) is 2. The van der Waals surface area contributed by atoms with Gasteiger partial charge in [0, 0.05) is 54.6 Å². The smallest absolute Gasteiger partial charge is 0.423 e. The lowest BCUT2D eigenvalue weighted by Crippen LogP contribution is -2.48. The monoisotopic (exact) mass is 661 g/mol. The van der Waals surface area contributed by atoms with Crippen LogP contribution in [0.4, 0.5) is 11.4 Å². The van der Waals surface area contributed by atoms with Crippen LogP contribution in [0.3, 0.4) is 0 Å². The second kappa shape index (κ2) is 20.0. The molecule has 17 nitrogen and oxygen atoms in total. The highest BCUT2D eigenvalue weighted by Crippen LogP contribution is 2.14. The fourth-order valence-electron chi connectivity index (χ4n) is 4.05. The second-order valence-electron chi connectivity index (χ2n) is 10.8. The molecule has 0 fully saturated rings. The minimum atomic E-state index is -2.07. The van der Waals surface area contributed by atoms with Gasteiger partial charge in [-0.25, -0.2) is 0 Å². The van der Waals surface area contributed by atoms with E-state index in [0.29, 0.717) is 18.9 Å². The van der Waals surface area contributed by atoms with E-state index in [0.717, 1.165) is 43.0 Å². The molecule has 1 unspecified atom stereocenters. The van der Waals surface area contributed by atoms with Crippen molar-refractivity contribution in [2.24, 2.45) is 0 Å². The zero-order valence-corrected chi connectivity index (χ0v) is 26.8. The minimum absolute atomic E-state index is 0.0770. The topological polar surface area (TPSA) is 264 Å². The second-order valence-corrected chi connectivity index (χ2v) is 10.8. The van der Waals surface area contributed by atoms with Gasteiger partial charge >= 0.3 is 14.2 Å². The fraction of sp³-hybridized carbons (Fsp3) is 0.464. The van der Waals surface area contributed by atoms with E-state index in [9.17, 15) is 54.7 Å². The van der Waals surface area contributed by atoms with E-state index in [-0.39, 0.29) is 41.1 Å². The summed E-state index contributed by atoms with van der Waals surface area (Å²) >= 11 is 0. The third-order valence-corrected chi connectivity index (χ3v) is 6.18. The molecular weight excluding hydrogens is 620 g/mol. The van der Waals surface area contributed by atoms with E-state index in [4.69, 9.17) is 4.74 Å². The number of amides is 3. The quantitative estimate of drug-likeness (QED) is 0.0521. The van der Waals surface area contributed by atoms with Gasteiger partial charge in [0.15, 0.2) is 0 Å². The average molecular weight is 661 g/mol. The van der Waals surface area contributed by atoms with Crippen LogP contribution in [0, 0.1) is 20.2 Å². The first-order valence-corrected chi connectivity index (χ1v) is 14.8. The summed E-state index contributed by atoms with van der Waals surface area (Å²) in [5, 5.41) is 67.5. The molecule has 0 bridgehead atoms. The molecule has 0 spiro atoms. The Hall–Kier alpha value is -4.42. The van der Waals surface area contributed by atoms with Crippen molar-refractivity contribution in [1.29, 1.82) is 0 Å². The van der Waals surface area contributed by atoms with Crippen LogP contribution in [0.2, 0.25) is 0 Å². The Bertz CT molecular complexity index is 1390. The maximum Gasteiger partial charge on any atom is 0.488 e. The lowest BCUT2D eigenvalue weighted by molar-refractivity contribution is -0.385. The predicted molar refractivity (Wildman–Crippen MR) is 173 cm³/mol. The number of nitrogens with one attached hydrogen (secondary N) is 3. The molecule has 47 heavy (non-hydrogen) atoms. The first kappa shape index (κ1) is 40.6. The number of benzene rings is 2. The molecule has 7 N–H and O–H groups in total. The molecule has 0 heterocycles. The number of hydrogen-bond donors (Lipinski definition) is 7. The molecule has 0 aliphatic rings. The summed E-state index contributed by atoms with van der Waals surface area (Å²) in [6.45, 7) is 10.4. The average Bonchev–Trinajstić information content (AvgIpc) is 2.99. The fourth-order valence-corrected chi connectivity index (χ4v) is 4.05. The van der Waals surface area contributed by atoms with Gasteiger partial charge in [0.1, 0.15) is 6.04 Å². The molecule has 0 aromatic heterocycles. The molecule has 0 aliphatic heterocycles. The SMILES string of the molecule is CC(C)NC(=O)C(CCCCNC(=O)c1cc(B(O)O)cc([N+](=O)[O-])c1)NC(=O)c1cc(B(O)O)cc([N+](=O)[O-])c1.CCOC(C)C. The van der Waals surface area contributed by atoms with E-state index < -0.39 is 59.2 Å². The number of carbonyl (C=O) groups excluding carboxylic acids is 3. The maximum absolute atomic E-state index is 12.9. The maximum atomic E-state index is 12.9. The van der Waals surface area contributed by atoms with E-state index in [2.05, 4.69) is 16.0 Å². The molecule has 19 heteroatoms. The molecule has 2 rings (SSSR count). The number of unbranched alkanes of at least 4 members (excludes halogenated alkanes) is 1. The van der Waals surface area contributed by atoms with Gasteiger partial charge in [0.05, 0.1) is 16.0 Å². The summed E-state index contributed by atoms with van der Waals surface area (Å²) in [6, 6.07) is 4.55. The Morgan fingerprint density at radius 3 is 1.66 bits per heavy atom. The van der Waals surface area contributed by atoms with Crippen molar-refractivity contribution in [2.45, 2.75) is 72.1 Å². The van der Waals surface area contributed by atoms with Crippen molar-refractivity contribution in [3.63, 3.8) is 0 Å². The normalized spacial score (nSPS) is 11.2. The standard InChI is InChI=1S/C23H29B2N5O11.C5H12O/c1-13(2)27-23(33)20(28-22(32)15-8-17(25(36)37)12-19(10-15)30(40)41)5-3-4-6-26-21(31)14-7-16(24(34)35)11-18(9-14)29(38)39;1-4-6-5(2)3/h7-13,20,34-37H,3-6H2,1-2H3,(H,26,31)(H,27,33)(H,28,32);5H,4H2,1-3H3. The molecular formula is C28H41B2N5O12.